The highest BCUT2D eigenvalue weighted by Gasteiger charge is 2.55. The van der Waals surface area contributed by atoms with Crippen LogP contribution >= 0.6 is 0 Å². The maximum Gasteiger partial charge on any atom is 0.267 e. The van der Waals surface area contributed by atoms with E-state index in [0.717, 1.165) is 90.9 Å². The molecular formula is C57H55N7O7. The number of rotatable bonds is 12. The number of hydrogen-bond acceptors (Lipinski definition) is 8. The Morgan fingerprint density at radius 3 is 2.30 bits per heavy atom. The number of aliphatic hydroxyl groups is 1. The SMILES string of the molecule is CO[C@@H]1[C@H](N(C)C(=O)c2ccccc2)C[C@H]2O[C@]1(C)n1c3ccccc3c3c4c(c5c6ccccc6n2c5c31)C(=O)NC4.O=C(/C=C/c1ccc(CN(CCO)CCc2c[nH]c3ccccc23)cc1)NO. The average Bonchev–Trinajstić information content (AvgIpc) is 4.17. The van der Waals surface area contributed by atoms with Gasteiger partial charge in [-0.05, 0) is 72.0 Å². The number of amides is 3. The quantitative estimate of drug-likeness (QED) is 0.0461. The van der Waals surface area contributed by atoms with Gasteiger partial charge in [-0.15, -0.1) is 0 Å². The fourth-order valence-electron chi connectivity index (χ4n) is 11.6. The maximum atomic E-state index is 13.9. The summed E-state index contributed by atoms with van der Waals surface area (Å²) in [5, 5.41) is 26.4. The second-order valence-electron chi connectivity index (χ2n) is 18.8. The Bertz CT molecular complexity index is 3540. The van der Waals surface area contributed by atoms with Crippen LogP contribution in [0.3, 0.4) is 0 Å². The zero-order valence-electron chi connectivity index (χ0n) is 39.8. The number of hydroxylamine groups is 1. The van der Waals surface area contributed by atoms with Crippen LogP contribution in [0.2, 0.25) is 0 Å². The monoisotopic (exact) mass is 949 g/mol. The van der Waals surface area contributed by atoms with Gasteiger partial charge in [0.1, 0.15) is 12.3 Å². The minimum absolute atomic E-state index is 0.0446. The number of carbonyl (C=O) groups excluding carboxylic acids is 3. The summed E-state index contributed by atoms with van der Waals surface area (Å²) in [7, 11) is 3.57. The van der Waals surface area contributed by atoms with Crippen molar-refractivity contribution in [1.29, 1.82) is 0 Å². The molecule has 2 bridgehead atoms. The van der Waals surface area contributed by atoms with Crippen molar-refractivity contribution in [3.63, 3.8) is 0 Å². The highest BCUT2D eigenvalue weighted by atomic mass is 16.6. The number of methoxy groups -OCH3 is 1. The maximum absolute atomic E-state index is 13.9. The summed E-state index contributed by atoms with van der Waals surface area (Å²) in [5.41, 5.74) is 11.5. The molecule has 3 aliphatic heterocycles. The number of benzene rings is 6. The predicted molar refractivity (Wildman–Crippen MR) is 275 cm³/mol. The van der Waals surface area contributed by atoms with Crippen molar-refractivity contribution in [2.45, 2.75) is 57.0 Å². The van der Waals surface area contributed by atoms with Crippen molar-refractivity contribution in [2.24, 2.45) is 0 Å². The van der Waals surface area contributed by atoms with Crippen LogP contribution in [0.4, 0.5) is 0 Å². The van der Waals surface area contributed by atoms with Crippen molar-refractivity contribution in [2.75, 3.05) is 33.9 Å². The molecule has 0 saturated carbocycles. The summed E-state index contributed by atoms with van der Waals surface area (Å²) in [6.45, 7) is 4.88. The van der Waals surface area contributed by atoms with E-state index in [1.165, 1.54) is 17.0 Å². The first-order chi connectivity index (χ1) is 34.6. The Kier molecular flexibility index (Phi) is 12.0. The zero-order chi connectivity index (χ0) is 49.0. The third-order valence-electron chi connectivity index (χ3n) is 14.7. The standard InChI is InChI=1S/C35H30N4O4.C22H25N3O3/c1-35-32(42-3)25(37(2)34(41)19-11-5-4-6-12-19)17-26(43-35)38-23-15-9-7-13-20(23)28-29-22(18-36-33(29)40)27-21-14-8-10-16-24(21)39(35)31(27)30(28)38;26-14-13-25(12-11-19-15-23-21-4-2-1-3-20(19)21)16-18-7-5-17(6-8-18)9-10-22(27)24-28/h4-16,25-26,32H,17-18H2,1-3H3,(H,36,40);1-10,15,23,26,28H,11-14,16H2,(H,24,27)/b;10-9+/t25-,26-,32-,35+;/m1./s1. The fraction of sp³-hybridized carbons (Fsp3) is 0.246. The lowest BCUT2D eigenvalue weighted by atomic mass is 9.91. The van der Waals surface area contributed by atoms with Crippen LogP contribution in [0, 0.1) is 0 Å². The molecule has 4 atom stereocenters. The molecule has 9 aromatic rings. The van der Waals surface area contributed by atoms with E-state index in [2.05, 4.69) is 73.9 Å². The van der Waals surface area contributed by atoms with E-state index in [0.29, 0.717) is 25.1 Å². The molecule has 360 valence electrons. The molecule has 5 N–H and O–H groups in total. The van der Waals surface area contributed by atoms with Gasteiger partial charge in [0.25, 0.3) is 17.7 Å². The predicted octanol–water partition coefficient (Wildman–Crippen LogP) is 8.63. The minimum atomic E-state index is -0.980. The normalized spacial score (nSPS) is 19.2. The summed E-state index contributed by atoms with van der Waals surface area (Å²) < 4.78 is 18.1. The highest BCUT2D eigenvalue weighted by Crippen LogP contribution is 2.54. The van der Waals surface area contributed by atoms with Crippen molar-refractivity contribution in [3.8, 4) is 0 Å². The minimum Gasteiger partial charge on any atom is -0.395 e. The number of aromatic amines is 1. The van der Waals surface area contributed by atoms with Crippen LogP contribution in [0.1, 0.15) is 62.5 Å². The third kappa shape index (κ3) is 7.75. The second kappa shape index (κ2) is 18.6. The Morgan fingerprint density at radius 2 is 1.56 bits per heavy atom. The molecule has 14 heteroatoms. The topological polar surface area (TPSA) is 166 Å². The van der Waals surface area contributed by atoms with Gasteiger partial charge in [0, 0.05) is 97.0 Å². The van der Waals surface area contributed by atoms with E-state index >= 15 is 0 Å². The molecule has 1 saturated heterocycles. The number of fused-ring (bicyclic) bond motifs is 14. The van der Waals surface area contributed by atoms with Gasteiger partial charge in [-0.1, -0.05) is 97.1 Å². The number of H-pyrrole nitrogens is 1. The van der Waals surface area contributed by atoms with Gasteiger partial charge in [0.15, 0.2) is 5.72 Å². The molecule has 0 unspecified atom stereocenters. The molecule has 12 rings (SSSR count). The molecule has 6 heterocycles. The van der Waals surface area contributed by atoms with E-state index in [-0.39, 0.29) is 24.5 Å². The average molecular weight is 950 g/mol. The molecule has 71 heavy (non-hydrogen) atoms. The van der Waals surface area contributed by atoms with Gasteiger partial charge < -0.3 is 38.9 Å². The number of aromatic nitrogens is 3. The van der Waals surface area contributed by atoms with E-state index in [1.54, 1.807) is 18.7 Å². The van der Waals surface area contributed by atoms with Gasteiger partial charge in [-0.2, -0.15) is 0 Å². The van der Waals surface area contributed by atoms with Crippen molar-refractivity contribution < 1.29 is 34.2 Å². The lowest BCUT2D eigenvalue weighted by Crippen LogP contribution is -2.61. The summed E-state index contributed by atoms with van der Waals surface area (Å²) >= 11 is 0. The lowest BCUT2D eigenvalue weighted by Gasteiger charge is -2.50. The Balaban J connectivity index is 0.000000170. The van der Waals surface area contributed by atoms with Gasteiger partial charge in [0.05, 0.1) is 40.3 Å². The van der Waals surface area contributed by atoms with Crippen molar-refractivity contribution in [3.05, 3.63) is 173 Å². The molecule has 0 spiro atoms. The molecule has 0 aliphatic carbocycles. The number of nitrogens with one attached hydrogen (secondary N) is 3. The van der Waals surface area contributed by atoms with E-state index in [4.69, 9.17) is 14.7 Å². The van der Waals surface area contributed by atoms with Gasteiger partial charge in [0.2, 0.25) is 0 Å². The Labute approximate surface area is 409 Å². The van der Waals surface area contributed by atoms with Crippen LogP contribution in [0.25, 0.3) is 60.6 Å². The second-order valence-corrected chi connectivity index (χ2v) is 18.8. The summed E-state index contributed by atoms with van der Waals surface area (Å²) in [6, 6.07) is 41.8. The third-order valence-corrected chi connectivity index (χ3v) is 14.7. The van der Waals surface area contributed by atoms with E-state index in [1.807, 2.05) is 103 Å². The highest BCUT2D eigenvalue weighted by molar-refractivity contribution is 6.31. The van der Waals surface area contributed by atoms with Crippen LogP contribution in [0.5, 0.6) is 0 Å². The number of para-hydroxylation sites is 3. The van der Waals surface area contributed by atoms with Crippen LogP contribution in [-0.2, 0) is 39.5 Å². The first-order valence-electron chi connectivity index (χ1n) is 24.0. The summed E-state index contributed by atoms with van der Waals surface area (Å²) in [5.74, 6) is -0.666. The first kappa shape index (κ1) is 45.8. The van der Waals surface area contributed by atoms with Crippen molar-refractivity contribution >= 4 is 78.3 Å². The molecular weight excluding hydrogens is 895 g/mol. The summed E-state index contributed by atoms with van der Waals surface area (Å²) in [6.07, 6.45) is 5.49. The van der Waals surface area contributed by atoms with Crippen molar-refractivity contribution in [1.82, 2.24) is 34.7 Å². The molecule has 14 nitrogen and oxygen atoms in total. The largest absolute Gasteiger partial charge is 0.395 e. The Morgan fingerprint density at radius 1 is 0.873 bits per heavy atom. The zero-order valence-corrected chi connectivity index (χ0v) is 39.8. The first-order valence-corrected chi connectivity index (χ1v) is 24.0. The number of hydrogen-bond donors (Lipinski definition) is 5. The number of aliphatic hydroxyl groups excluding tert-OH is 1. The smallest absolute Gasteiger partial charge is 0.267 e. The molecule has 3 amide bonds. The van der Waals surface area contributed by atoms with Crippen LogP contribution in [-0.4, -0.2) is 98.0 Å². The molecule has 3 aromatic heterocycles. The van der Waals surface area contributed by atoms with Crippen LogP contribution in [0.15, 0.2) is 140 Å². The number of likely N-dealkylation sites (N-methyl/N-ethyl adjacent to an activating group) is 1. The molecule has 1 fully saturated rings. The van der Waals surface area contributed by atoms with Gasteiger partial charge >= 0.3 is 0 Å². The van der Waals surface area contributed by atoms with E-state index < -0.39 is 24.0 Å². The molecule has 6 aromatic carbocycles. The Hall–Kier alpha value is -7.59. The van der Waals surface area contributed by atoms with E-state index in [9.17, 15) is 19.5 Å². The number of carbonyl (C=O) groups is 3. The van der Waals surface area contributed by atoms with Crippen LogP contribution < -0.4 is 10.8 Å². The van der Waals surface area contributed by atoms with Gasteiger partial charge in [-0.25, -0.2) is 5.48 Å². The lowest BCUT2D eigenvalue weighted by molar-refractivity contribution is -0.264. The number of ether oxygens (including phenoxy) is 2. The fourth-order valence-corrected chi connectivity index (χ4v) is 11.6. The molecule has 3 aliphatic rings. The number of nitrogens with zero attached hydrogens (tertiary/aromatic N) is 4. The van der Waals surface area contributed by atoms with Gasteiger partial charge in [-0.3, -0.25) is 24.5 Å². The summed E-state index contributed by atoms with van der Waals surface area (Å²) in [4.78, 5) is 45.8. The molecule has 0 radical (unpaired) electrons.